The van der Waals surface area contributed by atoms with Gasteiger partial charge in [-0.15, -0.1) is 0 Å². The third kappa shape index (κ3) is 2.94. The molecular weight excluding hydrogens is 194 g/mol. The van der Waals surface area contributed by atoms with Gasteiger partial charge in [0.1, 0.15) is 6.04 Å². The maximum absolute atomic E-state index is 11.8. The van der Waals surface area contributed by atoms with Crippen molar-refractivity contribution in [3.8, 4) is 0 Å². The quantitative estimate of drug-likeness (QED) is 0.741. The van der Waals surface area contributed by atoms with Crippen LogP contribution >= 0.6 is 0 Å². The summed E-state index contributed by atoms with van der Waals surface area (Å²) in [5.74, 6) is -0.638. The first kappa shape index (κ1) is 12.0. The Labute approximate surface area is 90.0 Å². The maximum atomic E-state index is 11.8. The molecule has 0 aromatic rings. The first-order valence-electron chi connectivity index (χ1n) is 5.59. The minimum Gasteiger partial charge on any atom is -0.480 e. The number of aliphatic carboxylic acids is 1. The van der Waals surface area contributed by atoms with Gasteiger partial charge in [0.15, 0.2) is 0 Å². The second kappa shape index (κ2) is 5.14. The summed E-state index contributed by atoms with van der Waals surface area (Å²) in [6.07, 6.45) is 3.47. The van der Waals surface area contributed by atoms with Crippen LogP contribution in [-0.2, 0) is 9.59 Å². The third-order valence-corrected chi connectivity index (χ3v) is 3.22. The highest BCUT2D eigenvalue weighted by molar-refractivity contribution is 5.85. The summed E-state index contributed by atoms with van der Waals surface area (Å²) in [6.45, 7) is 3.82. The van der Waals surface area contributed by atoms with Gasteiger partial charge in [-0.05, 0) is 25.2 Å². The zero-order valence-corrected chi connectivity index (χ0v) is 9.32. The van der Waals surface area contributed by atoms with Crippen molar-refractivity contribution < 1.29 is 14.7 Å². The number of carboxylic acid groups (broad SMARTS) is 1. The average molecular weight is 213 g/mol. The van der Waals surface area contributed by atoms with Crippen molar-refractivity contribution in [2.75, 3.05) is 0 Å². The molecule has 3 atom stereocenters. The highest BCUT2D eigenvalue weighted by Gasteiger charge is 2.31. The minimum atomic E-state index is -0.948. The van der Waals surface area contributed by atoms with Gasteiger partial charge in [-0.3, -0.25) is 4.79 Å². The smallest absolute Gasteiger partial charge is 0.326 e. The van der Waals surface area contributed by atoms with Crippen LogP contribution in [0.3, 0.4) is 0 Å². The van der Waals surface area contributed by atoms with Crippen LogP contribution in [-0.4, -0.2) is 23.0 Å². The molecule has 4 nitrogen and oxygen atoms in total. The van der Waals surface area contributed by atoms with Crippen molar-refractivity contribution in [1.29, 1.82) is 0 Å². The summed E-state index contributed by atoms with van der Waals surface area (Å²) < 4.78 is 0. The molecule has 0 aliphatic heterocycles. The molecule has 2 N–H and O–H groups in total. The number of rotatable bonds is 4. The molecule has 0 heterocycles. The van der Waals surface area contributed by atoms with Crippen LogP contribution in [0.5, 0.6) is 0 Å². The fraction of sp³-hybridized carbons (Fsp3) is 0.818. The molecule has 1 amide bonds. The topological polar surface area (TPSA) is 66.4 Å². The Morgan fingerprint density at radius 3 is 2.53 bits per heavy atom. The van der Waals surface area contributed by atoms with Gasteiger partial charge in [-0.1, -0.05) is 20.3 Å². The van der Waals surface area contributed by atoms with Crippen LogP contribution in [0.2, 0.25) is 0 Å². The summed E-state index contributed by atoms with van der Waals surface area (Å²) in [5.41, 5.74) is 0. The van der Waals surface area contributed by atoms with E-state index >= 15 is 0 Å². The van der Waals surface area contributed by atoms with E-state index in [4.69, 9.17) is 5.11 Å². The Hall–Kier alpha value is -1.06. The molecule has 4 heteroatoms. The van der Waals surface area contributed by atoms with E-state index in [0.29, 0.717) is 12.3 Å². The maximum Gasteiger partial charge on any atom is 0.326 e. The molecule has 0 aromatic heterocycles. The van der Waals surface area contributed by atoms with E-state index in [0.717, 1.165) is 19.3 Å². The van der Waals surface area contributed by atoms with Crippen LogP contribution in [0.1, 0.15) is 39.5 Å². The summed E-state index contributed by atoms with van der Waals surface area (Å²) in [7, 11) is 0. The zero-order valence-electron chi connectivity index (χ0n) is 9.32. The number of hydrogen-bond acceptors (Lipinski definition) is 2. The standard InChI is InChI=1S/C11H19NO3/c1-3-9(11(14)15)12-10(13)8-6-4-5-7(8)2/h7-9H,3-6H2,1-2H3,(H,12,13)(H,14,15)/t7?,8?,9-/m1/s1. The number of carboxylic acids is 1. The van der Waals surface area contributed by atoms with E-state index in [1.54, 1.807) is 6.92 Å². The lowest BCUT2D eigenvalue weighted by Crippen LogP contribution is -2.43. The monoisotopic (exact) mass is 213 g/mol. The lowest BCUT2D eigenvalue weighted by molar-refractivity contribution is -0.142. The van der Waals surface area contributed by atoms with Crippen molar-refractivity contribution >= 4 is 11.9 Å². The molecule has 0 radical (unpaired) electrons. The number of hydrogen-bond donors (Lipinski definition) is 2. The molecule has 1 saturated carbocycles. The average Bonchev–Trinajstić information content (AvgIpc) is 2.60. The van der Waals surface area contributed by atoms with Crippen molar-refractivity contribution in [2.24, 2.45) is 11.8 Å². The Kier molecular flexibility index (Phi) is 4.12. The molecule has 0 bridgehead atoms. The second-order valence-corrected chi connectivity index (χ2v) is 4.32. The molecular formula is C11H19NO3. The number of carbonyl (C=O) groups is 2. The second-order valence-electron chi connectivity index (χ2n) is 4.32. The van der Waals surface area contributed by atoms with E-state index in [1.807, 2.05) is 0 Å². The van der Waals surface area contributed by atoms with Gasteiger partial charge in [0.2, 0.25) is 5.91 Å². The molecule has 0 aromatic carbocycles. The van der Waals surface area contributed by atoms with Gasteiger partial charge in [0.05, 0.1) is 0 Å². The highest BCUT2D eigenvalue weighted by Crippen LogP contribution is 2.31. The predicted octanol–water partition coefficient (Wildman–Crippen LogP) is 1.40. The van der Waals surface area contributed by atoms with Crippen LogP contribution in [0, 0.1) is 11.8 Å². The molecule has 1 fully saturated rings. The number of amides is 1. The highest BCUT2D eigenvalue weighted by atomic mass is 16.4. The summed E-state index contributed by atoms with van der Waals surface area (Å²) >= 11 is 0. The molecule has 15 heavy (non-hydrogen) atoms. The van der Waals surface area contributed by atoms with E-state index in [-0.39, 0.29) is 11.8 Å². The van der Waals surface area contributed by atoms with Crippen molar-refractivity contribution in [2.45, 2.75) is 45.6 Å². The minimum absolute atomic E-state index is 0.0124. The van der Waals surface area contributed by atoms with Gasteiger partial charge < -0.3 is 10.4 Å². The van der Waals surface area contributed by atoms with E-state index < -0.39 is 12.0 Å². The van der Waals surface area contributed by atoms with E-state index in [2.05, 4.69) is 12.2 Å². The van der Waals surface area contributed by atoms with Gasteiger partial charge >= 0.3 is 5.97 Å². The molecule has 0 spiro atoms. The predicted molar refractivity (Wildman–Crippen MR) is 56.4 cm³/mol. The van der Waals surface area contributed by atoms with Crippen molar-refractivity contribution in [1.82, 2.24) is 5.32 Å². The Balaban J connectivity index is 2.50. The fourth-order valence-corrected chi connectivity index (χ4v) is 2.15. The first-order chi connectivity index (χ1) is 7.06. The molecule has 2 unspecified atom stereocenters. The lowest BCUT2D eigenvalue weighted by Gasteiger charge is -2.18. The summed E-state index contributed by atoms with van der Waals surface area (Å²) in [5, 5.41) is 11.4. The molecule has 1 aliphatic carbocycles. The number of carbonyl (C=O) groups excluding carboxylic acids is 1. The summed E-state index contributed by atoms with van der Waals surface area (Å²) in [6, 6.07) is -0.731. The van der Waals surface area contributed by atoms with E-state index in [1.165, 1.54) is 0 Å². The molecule has 1 aliphatic rings. The number of nitrogens with one attached hydrogen (secondary N) is 1. The zero-order chi connectivity index (χ0) is 11.4. The van der Waals surface area contributed by atoms with Crippen molar-refractivity contribution in [3.63, 3.8) is 0 Å². The summed E-state index contributed by atoms with van der Waals surface area (Å²) in [4.78, 5) is 22.5. The third-order valence-electron chi connectivity index (χ3n) is 3.22. The SMILES string of the molecule is CC[C@@H](NC(=O)C1CCCC1C)C(=O)O. The molecule has 0 saturated heterocycles. The first-order valence-corrected chi connectivity index (χ1v) is 5.59. The molecule has 1 rings (SSSR count). The largest absolute Gasteiger partial charge is 0.480 e. The lowest BCUT2D eigenvalue weighted by atomic mass is 9.97. The van der Waals surface area contributed by atoms with Crippen LogP contribution in [0.4, 0.5) is 0 Å². The van der Waals surface area contributed by atoms with Gasteiger partial charge in [-0.25, -0.2) is 4.79 Å². The van der Waals surface area contributed by atoms with Crippen LogP contribution in [0.25, 0.3) is 0 Å². The van der Waals surface area contributed by atoms with E-state index in [9.17, 15) is 9.59 Å². The molecule has 86 valence electrons. The van der Waals surface area contributed by atoms with Crippen molar-refractivity contribution in [3.05, 3.63) is 0 Å². The van der Waals surface area contributed by atoms with Gasteiger partial charge in [0, 0.05) is 5.92 Å². The Morgan fingerprint density at radius 1 is 1.47 bits per heavy atom. The normalized spacial score (nSPS) is 27.3. The van der Waals surface area contributed by atoms with Crippen LogP contribution < -0.4 is 5.32 Å². The van der Waals surface area contributed by atoms with Crippen LogP contribution in [0.15, 0.2) is 0 Å². The Morgan fingerprint density at radius 2 is 2.13 bits per heavy atom. The Bertz CT molecular complexity index is 252. The van der Waals surface area contributed by atoms with Gasteiger partial charge in [0.25, 0.3) is 0 Å². The van der Waals surface area contributed by atoms with Gasteiger partial charge in [-0.2, -0.15) is 0 Å². The fourth-order valence-electron chi connectivity index (χ4n) is 2.15.